The molecule has 23 heavy (non-hydrogen) atoms. The standard InChI is InChI=1S/C17H28ClN3OS/c1-5-19-16(21-12-13-23(22)17(2,3)4)20-11-10-14-8-6-7-9-15(14)18/h6-9H,5,10-13H2,1-4H3,(H2,19,20,21). The van der Waals surface area contributed by atoms with Crippen LogP contribution in [-0.4, -0.2) is 40.3 Å². The molecule has 2 N–H and O–H groups in total. The van der Waals surface area contributed by atoms with Crippen LogP contribution in [-0.2, 0) is 17.2 Å². The van der Waals surface area contributed by atoms with Gasteiger partial charge in [0.1, 0.15) is 0 Å². The first-order valence-corrected chi connectivity index (χ1v) is 9.68. The highest BCUT2D eigenvalue weighted by Gasteiger charge is 2.18. The quantitative estimate of drug-likeness (QED) is 0.582. The molecule has 1 rings (SSSR count). The second kappa shape index (κ2) is 9.93. The fourth-order valence-corrected chi connectivity index (χ4v) is 3.00. The number of rotatable bonds is 7. The summed E-state index contributed by atoms with van der Waals surface area (Å²) < 4.78 is 11.8. The largest absolute Gasteiger partial charge is 0.357 e. The second-order valence-electron chi connectivity index (χ2n) is 6.19. The van der Waals surface area contributed by atoms with E-state index in [0.29, 0.717) is 12.3 Å². The Morgan fingerprint density at radius 1 is 1.26 bits per heavy atom. The third-order valence-electron chi connectivity index (χ3n) is 3.22. The van der Waals surface area contributed by atoms with Crippen molar-refractivity contribution in [3.8, 4) is 0 Å². The van der Waals surface area contributed by atoms with Gasteiger partial charge >= 0.3 is 0 Å². The average Bonchev–Trinajstić information content (AvgIpc) is 2.48. The van der Waals surface area contributed by atoms with Crippen LogP contribution in [0.1, 0.15) is 33.3 Å². The summed E-state index contributed by atoms with van der Waals surface area (Å²) in [4.78, 5) is 4.49. The van der Waals surface area contributed by atoms with Gasteiger partial charge in [0.15, 0.2) is 5.96 Å². The molecule has 0 aromatic heterocycles. The van der Waals surface area contributed by atoms with Gasteiger partial charge in [-0.25, -0.2) is 0 Å². The van der Waals surface area contributed by atoms with Crippen LogP contribution in [0.15, 0.2) is 29.3 Å². The van der Waals surface area contributed by atoms with Crippen molar-refractivity contribution < 1.29 is 4.21 Å². The molecule has 0 aliphatic rings. The van der Waals surface area contributed by atoms with Gasteiger partial charge < -0.3 is 10.6 Å². The van der Waals surface area contributed by atoms with Crippen molar-refractivity contribution in [2.45, 2.75) is 38.9 Å². The van der Waals surface area contributed by atoms with Crippen LogP contribution in [0.4, 0.5) is 0 Å². The lowest BCUT2D eigenvalue weighted by molar-refractivity contribution is 0.648. The van der Waals surface area contributed by atoms with E-state index in [1.54, 1.807) is 0 Å². The first-order chi connectivity index (χ1) is 10.8. The number of hydrogen-bond donors (Lipinski definition) is 2. The maximum absolute atomic E-state index is 12.0. The average molecular weight is 358 g/mol. The molecule has 0 spiro atoms. The van der Waals surface area contributed by atoms with Crippen molar-refractivity contribution in [3.63, 3.8) is 0 Å². The molecule has 4 nitrogen and oxygen atoms in total. The molecule has 0 saturated heterocycles. The minimum atomic E-state index is -0.876. The zero-order valence-corrected chi connectivity index (χ0v) is 16.1. The second-order valence-corrected chi connectivity index (χ2v) is 8.92. The summed E-state index contributed by atoms with van der Waals surface area (Å²) in [7, 11) is -0.876. The number of nitrogens with zero attached hydrogens (tertiary/aromatic N) is 1. The molecule has 0 heterocycles. The summed E-state index contributed by atoms with van der Waals surface area (Å²) in [6.07, 6.45) is 0.831. The van der Waals surface area contributed by atoms with Crippen LogP contribution in [0.5, 0.6) is 0 Å². The molecule has 130 valence electrons. The van der Waals surface area contributed by atoms with E-state index < -0.39 is 10.8 Å². The monoisotopic (exact) mass is 357 g/mol. The molecule has 0 aliphatic carbocycles. The Morgan fingerprint density at radius 2 is 1.96 bits per heavy atom. The van der Waals surface area contributed by atoms with Crippen LogP contribution in [0.25, 0.3) is 0 Å². The highest BCUT2D eigenvalue weighted by Crippen LogP contribution is 2.14. The molecule has 0 radical (unpaired) electrons. The van der Waals surface area contributed by atoms with Crippen molar-refractivity contribution in [1.82, 2.24) is 10.6 Å². The van der Waals surface area contributed by atoms with Gasteiger partial charge in [-0.1, -0.05) is 29.8 Å². The van der Waals surface area contributed by atoms with E-state index in [2.05, 4.69) is 15.6 Å². The van der Waals surface area contributed by atoms with Crippen molar-refractivity contribution in [1.29, 1.82) is 0 Å². The summed E-state index contributed by atoms with van der Waals surface area (Å²) >= 11 is 6.15. The van der Waals surface area contributed by atoms with Crippen molar-refractivity contribution >= 4 is 28.4 Å². The van der Waals surface area contributed by atoms with Crippen LogP contribution in [0, 0.1) is 0 Å². The van der Waals surface area contributed by atoms with Gasteiger partial charge in [-0.2, -0.15) is 0 Å². The van der Waals surface area contributed by atoms with E-state index >= 15 is 0 Å². The number of guanidine groups is 1. The maximum atomic E-state index is 12.0. The molecule has 1 aromatic carbocycles. The molecule has 0 fully saturated rings. The predicted molar refractivity (Wildman–Crippen MR) is 102 cm³/mol. The number of hydrogen-bond acceptors (Lipinski definition) is 2. The first kappa shape index (κ1) is 20.0. The zero-order chi connectivity index (χ0) is 17.3. The van der Waals surface area contributed by atoms with Crippen molar-refractivity contribution in [2.75, 3.05) is 25.4 Å². The number of halogens is 1. The molecule has 0 saturated carbocycles. The summed E-state index contributed by atoms with van der Waals surface area (Å²) in [5, 5.41) is 7.28. The van der Waals surface area contributed by atoms with Crippen LogP contribution in [0.3, 0.4) is 0 Å². The lowest BCUT2D eigenvalue weighted by Gasteiger charge is -2.17. The lowest BCUT2D eigenvalue weighted by atomic mass is 10.1. The molecule has 0 aliphatic heterocycles. The van der Waals surface area contributed by atoms with Gasteiger partial charge in [-0.3, -0.25) is 9.20 Å². The number of benzene rings is 1. The third kappa shape index (κ3) is 7.84. The summed E-state index contributed by atoms with van der Waals surface area (Å²) in [5.41, 5.74) is 1.12. The van der Waals surface area contributed by atoms with E-state index in [4.69, 9.17) is 11.6 Å². The van der Waals surface area contributed by atoms with Gasteiger partial charge in [0, 0.05) is 39.4 Å². The summed E-state index contributed by atoms with van der Waals surface area (Å²) in [6.45, 7) is 10.1. The molecule has 6 heteroatoms. The van der Waals surface area contributed by atoms with E-state index in [1.807, 2.05) is 52.0 Å². The van der Waals surface area contributed by atoms with Gasteiger partial charge in [0.05, 0.1) is 6.54 Å². The Balaban J connectivity index is 2.47. The molecule has 1 aromatic rings. The topological polar surface area (TPSA) is 53.5 Å². The smallest absolute Gasteiger partial charge is 0.191 e. The molecular formula is C17H28ClN3OS. The zero-order valence-electron chi connectivity index (χ0n) is 14.5. The van der Waals surface area contributed by atoms with E-state index in [-0.39, 0.29) is 4.75 Å². The van der Waals surface area contributed by atoms with E-state index in [0.717, 1.165) is 36.1 Å². The van der Waals surface area contributed by atoms with Crippen molar-refractivity contribution in [2.24, 2.45) is 4.99 Å². The minimum Gasteiger partial charge on any atom is -0.357 e. The fraction of sp³-hybridized carbons (Fsp3) is 0.588. The van der Waals surface area contributed by atoms with Gasteiger partial charge in [-0.05, 0) is 45.7 Å². The highest BCUT2D eigenvalue weighted by atomic mass is 35.5. The molecular weight excluding hydrogens is 330 g/mol. The molecule has 0 amide bonds. The van der Waals surface area contributed by atoms with E-state index in [1.165, 1.54) is 0 Å². The lowest BCUT2D eigenvalue weighted by Crippen LogP contribution is -2.38. The van der Waals surface area contributed by atoms with E-state index in [9.17, 15) is 4.21 Å². The molecule has 1 unspecified atom stereocenters. The molecule has 0 bridgehead atoms. The molecule has 1 atom stereocenters. The maximum Gasteiger partial charge on any atom is 0.191 e. The van der Waals surface area contributed by atoms with Crippen LogP contribution in [0.2, 0.25) is 5.02 Å². The number of aliphatic imine (C=N–C) groups is 1. The third-order valence-corrected chi connectivity index (χ3v) is 5.51. The van der Waals surface area contributed by atoms with Gasteiger partial charge in [-0.15, -0.1) is 0 Å². The Bertz CT molecular complexity index is 541. The summed E-state index contributed by atoms with van der Waals surface area (Å²) in [6, 6.07) is 7.85. The Hall–Kier alpha value is -1.07. The SMILES string of the molecule is CCNC(=NCCS(=O)C(C)(C)C)NCCc1ccccc1Cl. The Labute approximate surface area is 147 Å². The Morgan fingerprint density at radius 3 is 2.57 bits per heavy atom. The number of nitrogens with one attached hydrogen (secondary N) is 2. The Kier molecular flexibility index (Phi) is 8.63. The predicted octanol–water partition coefficient (Wildman–Crippen LogP) is 2.98. The van der Waals surface area contributed by atoms with Crippen LogP contribution < -0.4 is 10.6 Å². The highest BCUT2D eigenvalue weighted by molar-refractivity contribution is 7.86. The minimum absolute atomic E-state index is 0.189. The fourth-order valence-electron chi connectivity index (χ4n) is 1.91. The first-order valence-electron chi connectivity index (χ1n) is 7.98. The van der Waals surface area contributed by atoms with Crippen molar-refractivity contribution in [3.05, 3.63) is 34.9 Å². The van der Waals surface area contributed by atoms with Gasteiger partial charge in [0.2, 0.25) is 0 Å². The summed E-state index contributed by atoms with van der Waals surface area (Å²) in [5.74, 6) is 1.33. The van der Waals surface area contributed by atoms with Gasteiger partial charge in [0.25, 0.3) is 0 Å². The van der Waals surface area contributed by atoms with Crippen LogP contribution >= 0.6 is 11.6 Å². The normalized spacial score (nSPS) is 13.7.